The number of hydrogen-bond donors (Lipinski definition) is 1. The molecular formula is C15H19ClFN3O. The predicted octanol–water partition coefficient (Wildman–Crippen LogP) is 3.21. The van der Waals surface area contributed by atoms with Gasteiger partial charge in [-0.15, -0.1) is 0 Å². The third-order valence-corrected chi connectivity index (χ3v) is 3.87. The van der Waals surface area contributed by atoms with E-state index in [1.54, 1.807) is 25.4 Å². The largest absolute Gasteiger partial charge is 0.493 e. The Balaban J connectivity index is 2.39. The second kappa shape index (κ2) is 6.91. The maximum atomic E-state index is 14.0. The van der Waals surface area contributed by atoms with Crippen LogP contribution in [0.1, 0.15) is 24.2 Å². The van der Waals surface area contributed by atoms with Gasteiger partial charge in [-0.1, -0.05) is 17.7 Å². The first kappa shape index (κ1) is 15.8. The maximum Gasteiger partial charge on any atom is 0.161 e. The molecule has 4 nitrogen and oxygen atoms in total. The molecule has 0 spiro atoms. The Hall–Kier alpha value is -1.59. The Bertz CT molecular complexity index is 573. The molecular weight excluding hydrogens is 293 g/mol. The summed E-state index contributed by atoms with van der Waals surface area (Å²) in [7, 11) is 3.43. The molecule has 1 atom stereocenters. The minimum atomic E-state index is -0.302. The number of aromatic nitrogens is 2. The number of aryl methyl sites for hydroxylation is 1. The number of ether oxygens (including phenoxy) is 1. The zero-order valence-electron chi connectivity index (χ0n) is 12.4. The first-order valence-electron chi connectivity index (χ1n) is 6.82. The summed E-state index contributed by atoms with van der Waals surface area (Å²) in [5.41, 5.74) is 1.38. The van der Waals surface area contributed by atoms with Gasteiger partial charge in [-0.25, -0.2) is 4.39 Å². The molecule has 1 N–H and O–H groups in total. The zero-order valence-corrected chi connectivity index (χ0v) is 13.1. The van der Waals surface area contributed by atoms with E-state index >= 15 is 0 Å². The summed E-state index contributed by atoms with van der Waals surface area (Å²) in [4.78, 5) is 0. The maximum absolute atomic E-state index is 14.0. The summed E-state index contributed by atoms with van der Waals surface area (Å²) >= 11 is 6.12. The van der Waals surface area contributed by atoms with Gasteiger partial charge in [0.15, 0.2) is 5.75 Å². The van der Waals surface area contributed by atoms with E-state index in [2.05, 4.69) is 10.4 Å². The highest BCUT2D eigenvalue weighted by Crippen LogP contribution is 2.30. The molecule has 1 aromatic heterocycles. The van der Waals surface area contributed by atoms with Crippen molar-refractivity contribution in [3.8, 4) is 5.75 Å². The van der Waals surface area contributed by atoms with Crippen LogP contribution in [0.3, 0.4) is 0 Å². The molecule has 6 heteroatoms. The summed E-state index contributed by atoms with van der Waals surface area (Å²) in [5.74, 6) is 0.382. The number of methoxy groups -OCH3 is 1. The van der Waals surface area contributed by atoms with Crippen LogP contribution in [0.4, 0.5) is 4.39 Å². The quantitative estimate of drug-likeness (QED) is 0.890. The summed E-state index contributed by atoms with van der Waals surface area (Å²) in [5, 5.41) is 7.90. The standard InChI is InChI=1S/C15H19ClFN3O/c1-4-20-15(14(21-3)9-19-20)13(18-2)8-10-11(16)6-5-7-12(10)17/h5-7,9,13,18H,4,8H2,1-3H3. The van der Waals surface area contributed by atoms with Crippen molar-refractivity contribution in [3.63, 3.8) is 0 Å². The van der Waals surface area contributed by atoms with Crippen LogP contribution >= 0.6 is 11.6 Å². The number of halogens is 2. The van der Waals surface area contributed by atoms with E-state index in [1.807, 2.05) is 18.7 Å². The van der Waals surface area contributed by atoms with E-state index in [1.165, 1.54) is 6.07 Å². The van der Waals surface area contributed by atoms with Crippen molar-refractivity contribution in [2.45, 2.75) is 25.9 Å². The SMILES string of the molecule is CCn1ncc(OC)c1C(Cc1c(F)cccc1Cl)NC. The van der Waals surface area contributed by atoms with Gasteiger partial charge in [-0.2, -0.15) is 5.10 Å². The van der Waals surface area contributed by atoms with Crippen LogP contribution in [-0.2, 0) is 13.0 Å². The number of rotatable bonds is 6. The molecule has 0 fully saturated rings. The Morgan fingerprint density at radius 3 is 2.81 bits per heavy atom. The van der Waals surface area contributed by atoms with Gasteiger partial charge in [0.2, 0.25) is 0 Å². The van der Waals surface area contributed by atoms with Crippen molar-refractivity contribution in [2.75, 3.05) is 14.2 Å². The lowest BCUT2D eigenvalue weighted by Gasteiger charge is -2.20. The van der Waals surface area contributed by atoms with Crippen molar-refractivity contribution in [2.24, 2.45) is 0 Å². The molecule has 0 aliphatic rings. The van der Waals surface area contributed by atoms with E-state index < -0.39 is 0 Å². The van der Waals surface area contributed by atoms with E-state index in [9.17, 15) is 4.39 Å². The average Bonchev–Trinajstić information content (AvgIpc) is 2.90. The molecule has 21 heavy (non-hydrogen) atoms. The van der Waals surface area contributed by atoms with Crippen LogP contribution in [0.15, 0.2) is 24.4 Å². The number of nitrogens with zero attached hydrogens (tertiary/aromatic N) is 2. The van der Waals surface area contributed by atoms with Crippen molar-refractivity contribution in [3.05, 3.63) is 46.5 Å². The molecule has 1 heterocycles. The van der Waals surface area contributed by atoms with Gasteiger partial charge in [0.25, 0.3) is 0 Å². The number of hydrogen-bond acceptors (Lipinski definition) is 3. The molecule has 0 radical (unpaired) electrons. The Morgan fingerprint density at radius 1 is 1.48 bits per heavy atom. The van der Waals surface area contributed by atoms with E-state index in [4.69, 9.17) is 16.3 Å². The van der Waals surface area contributed by atoms with Gasteiger partial charge in [0, 0.05) is 17.1 Å². The molecule has 0 amide bonds. The second-order valence-electron chi connectivity index (χ2n) is 4.66. The molecule has 0 saturated heterocycles. The highest BCUT2D eigenvalue weighted by Gasteiger charge is 2.22. The minimum absolute atomic E-state index is 0.142. The Labute approximate surface area is 128 Å². The lowest BCUT2D eigenvalue weighted by atomic mass is 10.0. The van der Waals surface area contributed by atoms with Gasteiger partial charge in [-0.3, -0.25) is 4.68 Å². The van der Waals surface area contributed by atoms with E-state index in [0.29, 0.717) is 29.3 Å². The third-order valence-electron chi connectivity index (χ3n) is 3.51. The second-order valence-corrected chi connectivity index (χ2v) is 5.07. The zero-order chi connectivity index (χ0) is 15.4. The van der Waals surface area contributed by atoms with Crippen molar-refractivity contribution < 1.29 is 9.13 Å². The van der Waals surface area contributed by atoms with Gasteiger partial charge >= 0.3 is 0 Å². The molecule has 0 saturated carbocycles. The summed E-state index contributed by atoms with van der Waals surface area (Å²) in [6.07, 6.45) is 2.09. The molecule has 0 aliphatic heterocycles. The van der Waals surface area contributed by atoms with Crippen LogP contribution in [0, 0.1) is 5.82 Å². The van der Waals surface area contributed by atoms with Crippen molar-refractivity contribution in [1.29, 1.82) is 0 Å². The monoisotopic (exact) mass is 311 g/mol. The number of nitrogens with one attached hydrogen (secondary N) is 1. The molecule has 2 aromatic rings. The van der Waals surface area contributed by atoms with Crippen LogP contribution in [-0.4, -0.2) is 23.9 Å². The van der Waals surface area contributed by atoms with Crippen LogP contribution in [0.5, 0.6) is 5.75 Å². The summed E-state index contributed by atoms with van der Waals surface area (Å²) < 4.78 is 21.2. The predicted molar refractivity (Wildman–Crippen MR) is 81.4 cm³/mol. The lowest BCUT2D eigenvalue weighted by molar-refractivity contribution is 0.394. The minimum Gasteiger partial charge on any atom is -0.493 e. The van der Waals surface area contributed by atoms with Gasteiger partial charge in [-0.05, 0) is 32.5 Å². The Kier molecular flexibility index (Phi) is 5.20. The lowest BCUT2D eigenvalue weighted by Crippen LogP contribution is -2.23. The first-order valence-corrected chi connectivity index (χ1v) is 7.20. The Morgan fingerprint density at radius 2 is 2.24 bits per heavy atom. The molecule has 0 aliphatic carbocycles. The number of benzene rings is 1. The van der Waals surface area contributed by atoms with E-state index in [0.717, 1.165) is 5.69 Å². The van der Waals surface area contributed by atoms with Gasteiger partial charge < -0.3 is 10.1 Å². The topological polar surface area (TPSA) is 39.1 Å². The highest BCUT2D eigenvalue weighted by molar-refractivity contribution is 6.31. The normalized spacial score (nSPS) is 12.4. The van der Waals surface area contributed by atoms with Crippen LogP contribution in [0.25, 0.3) is 0 Å². The van der Waals surface area contributed by atoms with Crippen molar-refractivity contribution >= 4 is 11.6 Å². The fourth-order valence-electron chi connectivity index (χ4n) is 2.41. The summed E-state index contributed by atoms with van der Waals surface area (Å²) in [6, 6.07) is 4.58. The average molecular weight is 312 g/mol. The number of likely N-dealkylation sites (N-methyl/N-ethyl adjacent to an activating group) is 1. The van der Waals surface area contributed by atoms with Gasteiger partial charge in [0.05, 0.1) is 25.0 Å². The first-order chi connectivity index (χ1) is 10.1. The fraction of sp³-hybridized carbons (Fsp3) is 0.400. The van der Waals surface area contributed by atoms with E-state index in [-0.39, 0.29) is 11.9 Å². The fourth-order valence-corrected chi connectivity index (χ4v) is 2.65. The molecule has 2 rings (SSSR count). The smallest absolute Gasteiger partial charge is 0.161 e. The third kappa shape index (κ3) is 3.19. The van der Waals surface area contributed by atoms with Gasteiger partial charge in [0.1, 0.15) is 5.82 Å². The van der Waals surface area contributed by atoms with Crippen LogP contribution < -0.4 is 10.1 Å². The molecule has 0 bridgehead atoms. The molecule has 114 valence electrons. The highest BCUT2D eigenvalue weighted by atomic mass is 35.5. The van der Waals surface area contributed by atoms with Crippen LogP contribution in [0.2, 0.25) is 5.02 Å². The van der Waals surface area contributed by atoms with Crippen molar-refractivity contribution in [1.82, 2.24) is 15.1 Å². The summed E-state index contributed by atoms with van der Waals surface area (Å²) in [6.45, 7) is 2.71. The molecule has 1 aromatic carbocycles. The molecule has 1 unspecified atom stereocenters.